The fraction of sp³-hybridized carbons (Fsp3) is 0.111. The van der Waals surface area contributed by atoms with Crippen LogP contribution in [0.2, 0.25) is 0 Å². The maximum atomic E-state index is 13.9. The monoisotopic (exact) mass is 700 g/mol. The Morgan fingerprint density at radius 1 is 0.558 bits per heavy atom. The smallest absolute Gasteiger partial charge is 0.251 e. The minimum Gasteiger partial charge on any atom is -0.416 e. The summed E-state index contributed by atoms with van der Waals surface area (Å²) in [5, 5.41) is 29.3. The van der Waals surface area contributed by atoms with E-state index in [2.05, 4.69) is 83.7 Å². The van der Waals surface area contributed by atoms with Gasteiger partial charge < -0.3 is 20.3 Å². The lowest BCUT2D eigenvalue weighted by molar-refractivity contribution is 0.564. The predicted molar refractivity (Wildman–Crippen MR) is 189 cm³/mol. The lowest BCUT2D eigenvalue weighted by atomic mass is 9.87. The molecule has 2 aromatic carbocycles. The number of pyridine rings is 2. The van der Waals surface area contributed by atoms with Gasteiger partial charge in [-0.05, 0) is 53.4 Å². The lowest BCUT2D eigenvalue weighted by Gasteiger charge is -2.18. The number of H-pyrrole nitrogens is 2. The van der Waals surface area contributed by atoms with Crippen LogP contribution < -0.4 is 11.5 Å². The normalized spacial score (nSPS) is 11.3. The summed E-state index contributed by atoms with van der Waals surface area (Å²) in [6.45, 7) is 6.53. The molecule has 0 fully saturated rings. The third-order valence-corrected chi connectivity index (χ3v) is 7.97. The van der Waals surface area contributed by atoms with Crippen molar-refractivity contribution in [2.75, 3.05) is 11.5 Å². The Bertz CT molecular complexity index is 2450. The molecule has 0 aliphatic carbocycles. The van der Waals surface area contributed by atoms with Gasteiger partial charge in [-0.3, -0.25) is 10.2 Å². The number of aromatic nitrogens is 10. The second-order valence-electron chi connectivity index (χ2n) is 12.6. The van der Waals surface area contributed by atoms with Crippen molar-refractivity contribution in [2.24, 2.45) is 0 Å². The molecule has 52 heavy (non-hydrogen) atoms. The molecular formula is C36H30F2N12O2. The molecule has 8 rings (SSSR count). The highest BCUT2D eigenvalue weighted by molar-refractivity contribution is 5.76. The molecule has 16 heteroatoms. The largest absolute Gasteiger partial charge is 0.416 e. The van der Waals surface area contributed by atoms with E-state index in [1.807, 2.05) is 18.2 Å². The number of rotatable bonds is 6. The van der Waals surface area contributed by atoms with E-state index in [1.54, 1.807) is 43.2 Å². The van der Waals surface area contributed by atoms with E-state index in [-0.39, 0.29) is 28.6 Å². The number of aromatic amines is 2. The van der Waals surface area contributed by atoms with Gasteiger partial charge in [0.2, 0.25) is 5.89 Å². The van der Waals surface area contributed by atoms with Crippen LogP contribution >= 0.6 is 0 Å². The third-order valence-electron chi connectivity index (χ3n) is 7.97. The number of halogens is 2. The van der Waals surface area contributed by atoms with Crippen LogP contribution in [-0.4, -0.2) is 50.8 Å². The SMILES string of the molecule is CC(C)(C)c1ccc(-c2nnc(-c3cc(-c4cn[nH]c4)cnc3N)o2)cc1.Nc1ncc(-c2cn[nH]c2)cc1-c1nnc(-c2cc(F)ccc2F)o1. The van der Waals surface area contributed by atoms with Crippen molar-refractivity contribution in [3.8, 4) is 68.1 Å². The zero-order valence-electron chi connectivity index (χ0n) is 28.0. The average molecular weight is 701 g/mol. The van der Waals surface area contributed by atoms with Crippen LogP contribution in [0.1, 0.15) is 26.3 Å². The molecule has 0 atom stereocenters. The summed E-state index contributed by atoms with van der Waals surface area (Å²) in [5.41, 5.74) is 18.2. The molecule has 0 aliphatic heterocycles. The maximum absolute atomic E-state index is 13.9. The van der Waals surface area contributed by atoms with Crippen LogP contribution in [0, 0.1) is 11.6 Å². The number of hydrogen-bond acceptors (Lipinski definition) is 12. The Morgan fingerprint density at radius 2 is 1.06 bits per heavy atom. The molecule has 0 radical (unpaired) electrons. The van der Waals surface area contributed by atoms with Crippen LogP contribution in [0.5, 0.6) is 0 Å². The van der Waals surface area contributed by atoms with Gasteiger partial charge in [0, 0.05) is 52.6 Å². The average Bonchev–Trinajstić information content (AvgIpc) is 3.98. The zero-order chi connectivity index (χ0) is 36.4. The standard InChI is InChI=1S/C20H20N6O.C16H10F2N6O/c1-20(2,3)15-6-4-12(5-7-15)18-25-26-19(27-18)16-8-13(9-22-17(16)21)14-10-23-24-11-14;17-10-1-2-13(18)11(4-10)15-23-24-16(25-15)12-3-8(5-20-14(12)19)9-6-21-22-7-9/h4-11H,1-3H3,(H2,21,22)(H,23,24);1-7H,(H2,19,20)(H,21,22). The van der Waals surface area contributed by atoms with Crippen LogP contribution in [0.25, 0.3) is 68.1 Å². The van der Waals surface area contributed by atoms with Gasteiger partial charge in [0.05, 0.1) is 29.1 Å². The Morgan fingerprint density at radius 3 is 1.56 bits per heavy atom. The quantitative estimate of drug-likeness (QED) is 0.136. The van der Waals surface area contributed by atoms with E-state index < -0.39 is 11.6 Å². The molecule has 0 unspecified atom stereocenters. The molecule has 14 nitrogen and oxygen atoms in total. The molecular weight excluding hydrogens is 670 g/mol. The number of nitrogens with two attached hydrogens (primary N) is 2. The van der Waals surface area contributed by atoms with Crippen LogP contribution in [0.15, 0.2) is 101 Å². The van der Waals surface area contributed by atoms with E-state index in [4.69, 9.17) is 20.3 Å². The Balaban J connectivity index is 0.000000162. The number of nitrogen functional groups attached to an aromatic ring is 2. The first-order valence-electron chi connectivity index (χ1n) is 15.8. The van der Waals surface area contributed by atoms with Crippen molar-refractivity contribution in [3.63, 3.8) is 0 Å². The molecule has 6 N–H and O–H groups in total. The van der Waals surface area contributed by atoms with E-state index in [9.17, 15) is 8.78 Å². The van der Waals surface area contributed by atoms with Gasteiger partial charge in [-0.1, -0.05) is 32.9 Å². The first-order chi connectivity index (χ1) is 25.0. The van der Waals surface area contributed by atoms with Crippen molar-refractivity contribution in [2.45, 2.75) is 26.2 Å². The highest BCUT2D eigenvalue weighted by atomic mass is 19.1. The van der Waals surface area contributed by atoms with Crippen molar-refractivity contribution in [1.82, 2.24) is 50.8 Å². The Kier molecular flexibility index (Phi) is 8.78. The molecule has 6 aromatic heterocycles. The summed E-state index contributed by atoms with van der Waals surface area (Å²) < 4.78 is 38.5. The number of hydrogen-bond donors (Lipinski definition) is 4. The first-order valence-corrected chi connectivity index (χ1v) is 15.8. The second-order valence-corrected chi connectivity index (χ2v) is 12.6. The van der Waals surface area contributed by atoms with Crippen molar-refractivity contribution in [3.05, 3.63) is 109 Å². The summed E-state index contributed by atoms with van der Waals surface area (Å²) in [6, 6.07) is 14.7. The molecule has 8 aromatic rings. The highest BCUT2D eigenvalue weighted by Crippen LogP contribution is 2.33. The van der Waals surface area contributed by atoms with E-state index in [0.717, 1.165) is 46.0 Å². The molecule has 0 amide bonds. The Hall–Kier alpha value is -7.10. The van der Waals surface area contributed by atoms with E-state index >= 15 is 0 Å². The van der Waals surface area contributed by atoms with Gasteiger partial charge in [-0.15, -0.1) is 20.4 Å². The molecule has 0 spiro atoms. The summed E-state index contributed by atoms with van der Waals surface area (Å²) >= 11 is 0. The molecule has 6 heterocycles. The van der Waals surface area contributed by atoms with Gasteiger partial charge in [0.25, 0.3) is 17.7 Å². The summed E-state index contributed by atoms with van der Waals surface area (Å²) in [5.74, 6) is -0.107. The minimum atomic E-state index is -0.671. The summed E-state index contributed by atoms with van der Waals surface area (Å²) in [7, 11) is 0. The van der Waals surface area contributed by atoms with Crippen molar-refractivity contribution in [1.29, 1.82) is 0 Å². The lowest BCUT2D eigenvalue weighted by Crippen LogP contribution is -2.10. The van der Waals surface area contributed by atoms with Gasteiger partial charge in [-0.2, -0.15) is 10.2 Å². The number of nitrogens with zero attached hydrogens (tertiary/aromatic N) is 8. The van der Waals surface area contributed by atoms with Gasteiger partial charge in [0.15, 0.2) is 0 Å². The van der Waals surface area contributed by atoms with Crippen molar-refractivity contribution >= 4 is 11.6 Å². The predicted octanol–water partition coefficient (Wildman–Crippen LogP) is 7.12. The number of anilines is 2. The zero-order valence-corrected chi connectivity index (χ0v) is 28.0. The summed E-state index contributed by atoms with van der Waals surface area (Å²) in [4.78, 5) is 8.34. The van der Waals surface area contributed by atoms with Gasteiger partial charge in [0.1, 0.15) is 23.3 Å². The van der Waals surface area contributed by atoms with Gasteiger partial charge in [-0.25, -0.2) is 18.7 Å². The number of benzene rings is 2. The topological polar surface area (TPSA) is 213 Å². The molecule has 0 bridgehead atoms. The van der Waals surface area contributed by atoms with Crippen LogP contribution in [-0.2, 0) is 5.41 Å². The fourth-order valence-corrected chi connectivity index (χ4v) is 5.09. The molecule has 260 valence electrons. The third kappa shape index (κ3) is 6.98. The van der Waals surface area contributed by atoms with Crippen LogP contribution in [0.3, 0.4) is 0 Å². The van der Waals surface area contributed by atoms with E-state index in [0.29, 0.717) is 28.7 Å². The molecule has 0 saturated carbocycles. The maximum Gasteiger partial charge on any atom is 0.251 e. The Labute approximate surface area is 294 Å². The van der Waals surface area contributed by atoms with Crippen LogP contribution in [0.4, 0.5) is 20.4 Å². The minimum absolute atomic E-state index is 0.0500. The number of nitrogens with one attached hydrogen (secondary N) is 2. The molecule has 0 saturated heterocycles. The molecule has 0 aliphatic rings. The summed E-state index contributed by atoms with van der Waals surface area (Å²) in [6.07, 6.45) is 10.1. The van der Waals surface area contributed by atoms with Crippen molar-refractivity contribution < 1.29 is 17.6 Å². The fourth-order valence-electron chi connectivity index (χ4n) is 5.09. The highest BCUT2D eigenvalue weighted by Gasteiger charge is 2.19. The second kappa shape index (κ2) is 13.7. The van der Waals surface area contributed by atoms with E-state index in [1.165, 1.54) is 5.56 Å². The first kappa shape index (κ1) is 33.4. The van der Waals surface area contributed by atoms with Gasteiger partial charge >= 0.3 is 0 Å².